The van der Waals surface area contributed by atoms with E-state index in [2.05, 4.69) is 21.9 Å². The monoisotopic (exact) mass is 733 g/mol. The van der Waals surface area contributed by atoms with Gasteiger partial charge in [0, 0.05) is 59.5 Å². The third kappa shape index (κ3) is 8.09. The first-order valence-corrected chi connectivity index (χ1v) is 20.8. The number of alkyl halides is 3. The summed E-state index contributed by atoms with van der Waals surface area (Å²) in [5.74, 6) is -1.78. The summed E-state index contributed by atoms with van der Waals surface area (Å²) in [5.41, 5.74) is 1.54. The van der Waals surface area contributed by atoms with E-state index in [0.29, 0.717) is 44.1 Å². The van der Waals surface area contributed by atoms with Gasteiger partial charge in [-0.05, 0) is 83.6 Å². The van der Waals surface area contributed by atoms with Crippen molar-refractivity contribution in [1.29, 1.82) is 0 Å². The number of halogens is 3. The zero-order chi connectivity index (χ0) is 34.5. The first-order valence-electron chi connectivity index (χ1n) is 17.4. The molecule has 270 valence electrons. The van der Waals surface area contributed by atoms with Gasteiger partial charge in [0.15, 0.2) is 0 Å². The summed E-state index contributed by atoms with van der Waals surface area (Å²) in [6.07, 6.45) is 6.36. The average Bonchev–Trinajstić information content (AvgIpc) is 3.41. The Bertz CT molecular complexity index is 1520. The average molecular weight is 734 g/mol. The first-order chi connectivity index (χ1) is 22.6. The number of nitrogens with zero attached hydrogens (tertiary/aromatic N) is 3. The van der Waals surface area contributed by atoms with Crippen molar-refractivity contribution in [1.82, 2.24) is 24.5 Å². The van der Waals surface area contributed by atoms with E-state index in [-0.39, 0.29) is 71.0 Å². The van der Waals surface area contributed by atoms with Crippen LogP contribution in [0.3, 0.4) is 0 Å². The molecule has 0 radical (unpaired) electrons. The lowest BCUT2D eigenvalue weighted by atomic mass is 9.70. The zero-order valence-electron chi connectivity index (χ0n) is 28.3. The summed E-state index contributed by atoms with van der Waals surface area (Å²) in [6.45, 7) is 5.33. The highest BCUT2D eigenvalue weighted by Gasteiger charge is 2.52. The molecule has 5 aliphatic rings. The maximum atomic E-state index is 13.8. The number of nitrogens with one attached hydrogen (secondary N) is 2. The second-order valence-electron chi connectivity index (χ2n) is 15.1. The van der Waals surface area contributed by atoms with Crippen molar-refractivity contribution in [2.24, 2.45) is 23.7 Å². The van der Waals surface area contributed by atoms with Crippen molar-refractivity contribution >= 4 is 39.3 Å². The fraction of sp³-hybridized carbons (Fsp3) is 0.848. The molecule has 1 amide bonds. The molecule has 6 rings (SSSR count). The fourth-order valence-corrected chi connectivity index (χ4v) is 11.8. The molecule has 4 fully saturated rings. The number of amides is 1. The third-order valence-corrected chi connectivity index (χ3v) is 14.0. The van der Waals surface area contributed by atoms with E-state index in [1.54, 1.807) is 16.3 Å². The van der Waals surface area contributed by atoms with E-state index in [0.717, 1.165) is 49.6 Å². The minimum atomic E-state index is -3.65. The predicted octanol–water partition coefficient (Wildman–Crippen LogP) is 3.35. The van der Waals surface area contributed by atoms with E-state index >= 15 is 0 Å². The summed E-state index contributed by atoms with van der Waals surface area (Å²) < 4.78 is 60.9. The number of ether oxygens (including phenoxy) is 1. The number of carbonyl (C=O) groups is 1. The van der Waals surface area contributed by atoms with Crippen molar-refractivity contribution in [3.05, 3.63) is 27.4 Å². The molecular formula is C33H50ClF2N5O5S2. The highest BCUT2D eigenvalue weighted by molar-refractivity contribution is 8.00. The van der Waals surface area contributed by atoms with Gasteiger partial charge in [0.25, 0.3) is 5.56 Å². The molecule has 3 aliphatic carbocycles. The van der Waals surface area contributed by atoms with Gasteiger partial charge in [0.05, 0.1) is 37.1 Å². The van der Waals surface area contributed by atoms with Crippen LogP contribution >= 0.6 is 23.4 Å². The lowest BCUT2D eigenvalue weighted by Crippen LogP contribution is -2.58. The quantitative estimate of drug-likeness (QED) is 0.349. The highest BCUT2D eigenvalue weighted by atomic mass is 35.5. The molecule has 0 aromatic carbocycles. The number of hydrogen-bond acceptors (Lipinski definition) is 9. The molecule has 8 unspecified atom stereocenters. The van der Waals surface area contributed by atoms with Crippen molar-refractivity contribution in [2.75, 3.05) is 32.2 Å². The molecule has 0 bridgehead atoms. The highest BCUT2D eigenvalue weighted by Crippen LogP contribution is 2.48. The van der Waals surface area contributed by atoms with Crippen LogP contribution in [0.25, 0.3) is 0 Å². The zero-order valence-corrected chi connectivity index (χ0v) is 30.7. The number of hydrogen-bond donors (Lipinski definition) is 2. The normalized spacial score (nSPS) is 35.1. The molecule has 1 aromatic rings. The Morgan fingerprint density at radius 3 is 2.69 bits per heavy atom. The van der Waals surface area contributed by atoms with E-state index in [1.807, 2.05) is 14.0 Å². The van der Waals surface area contributed by atoms with Crippen LogP contribution in [0.1, 0.15) is 69.0 Å². The molecule has 0 spiro atoms. The van der Waals surface area contributed by atoms with Gasteiger partial charge in [-0.1, -0.05) is 0 Å². The van der Waals surface area contributed by atoms with Crippen LogP contribution in [-0.2, 0) is 38.9 Å². The lowest BCUT2D eigenvalue weighted by Gasteiger charge is -2.47. The van der Waals surface area contributed by atoms with Crippen LogP contribution in [0.4, 0.5) is 8.78 Å². The fourth-order valence-electron chi connectivity index (χ4n) is 9.10. The van der Waals surface area contributed by atoms with Crippen LogP contribution in [0.2, 0.25) is 0 Å². The van der Waals surface area contributed by atoms with Gasteiger partial charge >= 0.3 is 0 Å². The number of aryl methyl sites for hydroxylation is 2. The van der Waals surface area contributed by atoms with Crippen LogP contribution in [0, 0.1) is 30.6 Å². The summed E-state index contributed by atoms with van der Waals surface area (Å²) in [7, 11) is -1.67. The molecule has 10 nitrogen and oxygen atoms in total. The molecule has 2 saturated heterocycles. The molecule has 15 heteroatoms. The number of aromatic nitrogens is 2. The Hall–Kier alpha value is -1.32. The van der Waals surface area contributed by atoms with Gasteiger partial charge in [-0.3, -0.25) is 18.9 Å². The molecular weight excluding hydrogens is 684 g/mol. The van der Waals surface area contributed by atoms with E-state index in [4.69, 9.17) is 21.3 Å². The van der Waals surface area contributed by atoms with Crippen LogP contribution in [0.5, 0.6) is 0 Å². The number of carbonyl (C=O) groups excluding carboxylic acids is 1. The molecule has 2 aliphatic heterocycles. The Morgan fingerprint density at radius 1 is 1.23 bits per heavy atom. The minimum absolute atomic E-state index is 0.001000. The van der Waals surface area contributed by atoms with Gasteiger partial charge < -0.3 is 15.0 Å². The molecule has 2 N–H and O–H groups in total. The van der Waals surface area contributed by atoms with Gasteiger partial charge in [-0.25, -0.2) is 22.2 Å². The maximum absolute atomic E-state index is 13.8. The van der Waals surface area contributed by atoms with E-state index in [9.17, 15) is 26.8 Å². The van der Waals surface area contributed by atoms with Gasteiger partial charge in [-0.15, -0.1) is 11.6 Å². The smallest absolute Gasteiger partial charge is 0.257 e. The van der Waals surface area contributed by atoms with E-state index < -0.39 is 27.8 Å². The van der Waals surface area contributed by atoms with Gasteiger partial charge in [0.1, 0.15) is 5.82 Å². The number of likely N-dealkylation sites (N-methyl/N-ethyl adjacent to an activating group) is 1. The Balaban J connectivity index is 1.11. The first kappa shape index (κ1) is 36.5. The maximum Gasteiger partial charge on any atom is 0.257 e. The molecule has 3 heterocycles. The number of rotatable bonds is 10. The Labute approximate surface area is 291 Å². The number of fused-ring (bicyclic) bond motifs is 2. The standard InChI is InChI=1S/C33H50ClF2N5O5S2/c1-18-11-24(30-29(37-18)26(17-47-30)31(42)39-48(4,44)45)23-12-21(34)5-8-28(23)46-10-9-41-19(2)38-27-7-6-22(13-25(27)32(41)43)40(3)16-20-14-33(35,36)15-20/h18,20-24,26,28-30,37H,5-17H2,1-4H3,(H,39,42)/t18?,21?,22-,23?,24?,26?,28?,29?,30?/m0/s1. The summed E-state index contributed by atoms with van der Waals surface area (Å²) in [4.78, 5) is 33.7. The minimum Gasteiger partial charge on any atom is -0.376 e. The molecule has 1 aromatic heterocycles. The summed E-state index contributed by atoms with van der Waals surface area (Å²) >= 11 is 8.49. The SMILES string of the molecule is Cc1nc2c(c(=O)n1CCOC1CCC(Cl)CC1C1CC(C)NC3C(C(=O)NS(C)(=O)=O)CSC13)C[C@@H](N(C)CC1CC(F)(F)C1)CC2. The number of piperidine rings is 1. The third-order valence-electron chi connectivity index (χ3n) is 11.4. The molecule has 2 saturated carbocycles. The number of sulfonamides is 1. The largest absolute Gasteiger partial charge is 0.376 e. The van der Waals surface area contributed by atoms with Crippen molar-refractivity contribution in [3.63, 3.8) is 0 Å². The van der Waals surface area contributed by atoms with Gasteiger partial charge in [0.2, 0.25) is 21.9 Å². The topological polar surface area (TPSA) is 123 Å². The number of thioether (sulfide) groups is 1. The van der Waals surface area contributed by atoms with E-state index in [1.165, 1.54) is 0 Å². The predicted molar refractivity (Wildman–Crippen MR) is 183 cm³/mol. The lowest BCUT2D eigenvalue weighted by molar-refractivity contribution is -0.123. The summed E-state index contributed by atoms with van der Waals surface area (Å²) in [5, 5.41) is 3.77. The summed E-state index contributed by atoms with van der Waals surface area (Å²) in [6, 6.07) is 0.143. The Morgan fingerprint density at radius 2 is 1.98 bits per heavy atom. The molecule has 9 atom stereocenters. The van der Waals surface area contributed by atoms with Crippen LogP contribution < -0.4 is 15.6 Å². The van der Waals surface area contributed by atoms with Crippen molar-refractivity contribution < 1.29 is 26.7 Å². The second-order valence-corrected chi connectivity index (χ2v) is 18.7. The van der Waals surface area contributed by atoms with Gasteiger partial charge in [-0.2, -0.15) is 11.8 Å². The van der Waals surface area contributed by atoms with Crippen molar-refractivity contribution in [2.45, 2.75) is 119 Å². The van der Waals surface area contributed by atoms with Crippen molar-refractivity contribution in [3.8, 4) is 0 Å². The van der Waals surface area contributed by atoms with Crippen LogP contribution in [-0.4, -0.2) is 102 Å². The second kappa shape index (κ2) is 14.4. The Kier molecular flexibility index (Phi) is 10.9. The van der Waals surface area contributed by atoms with Crippen LogP contribution in [0.15, 0.2) is 4.79 Å². The molecule has 48 heavy (non-hydrogen) atoms.